The Bertz CT molecular complexity index is 1160. The van der Waals surface area contributed by atoms with Crippen LogP contribution in [0.3, 0.4) is 0 Å². The molecule has 0 fully saturated rings. The van der Waals surface area contributed by atoms with Crippen LogP contribution in [0.25, 0.3) is 0 Å². The largest absolute Gasteiger partial charge is 0.459 e. The van der Waals surface area contributed by atoms with Crippen molar-refractivity contribution in [1.82, 2.24) is 14.8 Å². The first-order chi connectivity index (χ1) is 21.8. The number of hydrogen-bond donors (Lipinski definition) is 1. The fourth-order valence-corrected chi connectivity index (χ4v) is 4.23. The highest BCUT2D eigenvalue weighted by atomic mass is 16.6. The molecule has 0 aliphatic rings. The topological polar surface area (TPSA) is 145 Å². The number of pyridine rings is 1. The number of rotatable bonds is 14. The molecule has 0 radical (unpaired) electrons. The summed E-state index contributed by atoms with van der Waals surface area (Å²) in [6.07, 6.45) is 0.979. The average molecular weight is 676 g/mol. The maximum absolute atomic E-state index is 12.8. The number of unbranched alkanes of at least 4 members (excludes halogenated alkanes) is 1. The van der Waals surface area contributed by atoms with Crippen molar-refractivity contribution in [2.24, 2.45) is 0 Å². The molecule has 12 nitrogen and oxygen atoms in total. The second-order valence-corrected chi connectivity index (χ2v) is 15.6. The first-order valence-electron chi connectivity index (χ1n) is 16.2. The van der Waals surface area contributed by atoms with Crippen molar-refractivity contribution in [3.63, 3.8) is 0 Å². The summed E-state index contributed by atoms with van der Waals surface area (Å²) in [4.78, 5) is 59.3. The van der Waals surface area contributed by atoms with Crippen LogP contribution >= 0.6 is 0 Å². The van der Waals surface area contributed by atoms with Crippen LogP contribution in [-0.2, 0) is 51.2 Å². The lowest BCUT2D eigenvalue weighted by Gasteiger charge is -2.27. The third-order valence-electron chi connectivity index (χ3n) is 5.49. The monoisotopic (exact) mass is 675 g/mol. The molecule has 0 saturated heterocycles. The van der Waals surface area contributed by atoms with E-state index in [2.05, 4.69) is 11.8 Å². The molecule has 0 spiro atoms. The van der Waals surface area contributed by atoms with E-state index in [0.29, 0.717) is 29.8 Å². The summed E-state index contributed by atoms with van der Waals surface area (Å²) < 4.78 is 22.1. The zero-order valence-corrected chi connectivity index (χ0v) is 31.1. The van der Waals surface area contributed by atoms with Crippen LogP contribution in [0.1, 0.15) is 113 Å². The fourth-order valence-electron chi connectivity index (χ4n) is 4.23. The first kappa shape index (κ1) is 42.5. The lowest BCUT2D eigenvalue weighted by molar-refractivity contribution is -0.162. The molecular weight excluding hydrogens is 618 g/mol. The van der Waals surface area contributed by atoms with Crippen molar-refractivity contribution < 1.29 is 43.2 Å². The summed E-state index contributed by atoms with van der Waals surface area (Å²) >= 11 is 0. The minimum absolute atomic E-state index is 0.0100. The van der Waals surface area contributed by atoms with Gasteiger partial charge < -0.3 is 24.1 Å². The van der Waals surface area contributed by atoms with Crippen LogP contribution in [0.15, 0.2) is 12.1 Å². The molecule has 12 heteroatoms. The van der Waals surface area contributed by atoms with Gasteiger partial charge in [0.2, 0.25) is 0 Å². The third-order valence-corrected chi connectivity index (χ3v) is 5.49. The lowest BCUT2D eigenvalue weighted by Crippen LogP contribution is -2.40. The number of ether oxygens (including phenoxy) is 4. The van der Waals surface area contributed by atoms with E-state index in [1.165, 1.54) is 0 Å². The van der Waals surface area contributed by atoms with Crippen LogP contribution in [0.5, 0.6) is 0 Å². The van der Waals surface area contributed by atoms with E-state index in [1.807, 2.05) is 0 Å². The number of esters is 4. The number of aliphatic hydroxyl groups excluding tert-OH is 1. The van der Waals surface area contributed by atoms with E-state index >= 15 is 0 Å². The van der Waals surface area contributed by atoms with Crippen molar-refractivity contribution in [1.29, 1.82) is 0 Å². The normalized spacial score (nSPS) is 12.3. The van der Waals surface area contributed by atoms with Crippen LogP contribution in [-0.4, -0.2) is 99.0 Å². The van der Waals surface area contributed by atoms with Crippen LogP contribution < -0.4 is 0 Å². The average Bonchev–Trinajstić information content (AvgIpc) is 2.81. The zero-order chi connectivity index (χ0) is 36.9. The number of aromatic nitrogens is 1. The molecule has 0 aliphatic carbocycles. The van der Waals surface area contributed by atoms with Gasteiger partial charge in [0.25, 0.3) is 0 Å². The molecule has 270 valence electrons. The predicted octanol–water partition coefficient (Wildman–Crippen LogP) is 4.18. The minimum Gasteiger partial charge on any atom is -0.459 e. The summed E-state index contributed by atoms with van der Waals surface area (Å²) in [5.74, 6) is 4.04. The molecule has 0 aromatic carbocycles. The van der Waals surface area contributed by atoms with Crippen molar-refractivity contribution in [2.45, 2.75) is 131 Å². The SMILES string of the molecule is CC(C)(C)OC(=O)CN(CC(=O)OC(C)(C)C)Cc1cc(C#CCCCO)cc(CN(CC(=O)OC(C)(C)C)CC(=O)OC(C)(C)C)n1. The standard InChI is InChI=1S/C36H57N3O9/c1-33(2,3)45-29(41)22-38(23-30(42)46-34(4,5)6)20-27-18-26(16-14-13-15-17-40)19-28(37-27)21-39(24-31(43)47-35(7,8)9)25-32(44)48-36(10,11)12/h18-19,40H,13,15,17,20-25H2,1-12H3. The first-order valence-corrected chi connectivity index (χ1v) is 16.2. The molecule has 0 amide bonds. The number of aliphatic hydroxyl groups is 1. The van der Waals surface area contributed by atoms with Gasteiger partial charge >= 0.3 is 23.9 Å². The third kappa shape index (κ3) is 21.4. The number of nitrogens with zero attached hydrogens (tertiary/aromatic N) is 3. The molecule has 1 rings (SSSR count). The van der Waals surface area contributed by atoms with Gasteiger partial charge in [0.05, 0.1) is 37.6 Å². The Kier molecular flexibility index (Phi) is 16.2. The summed E-state index contributed by atoms with van der Waals surface area (Å²) in [6, 6.07) is 3.50. The molecule has 1 aromatic heterocycles. The van der Waals surface area contributed by atoms with Gasteiger partial charge in [-0.1, -0.05) is 11.8 Å². The van der Waals surface area contributed by atoms with E-state index in [9.17, 15) is 24.3 Å². The smallest absolute Gasteiger partial charge is 0.320 e. The lowest BCUT2D eigenvalue weighted by atomic mass is 10.1. The van der Waals surface area contributed by atoms with Crippen LogP contribution in [0.2, 0.25) is 0 Å². The minimum atomic E-state index is -0.726. The van der Waals surface area contributed by atoms with Gasteiger partial charge in [0, 0.05) is 31.7 Å². The molecule has 0 aliphatic heterocycles. The number of carbonyl (C=O) groups is 4. The van der Waals surface area contributed by atoms with Crippen molar-refractivity contribution in [3.8, 4) is 11.8 Å². The van der Waals surface area contributed by atoms with Crippen molar-refractivity contribution >= 4 is 23.9 Å². The van der Waals surface area contributed by atoms with Gasteiger partial charge in [-0.25, -0.2) is 0 Å². The van der Waals surface area contributed by atoms with E-state index in [4.69, 9.17) is 23.9 Å². The summed E-state index contributed by atoms with van der Waals surface area (Å²) in [5.41, 5.74) is -1.34. The molecular formula is C36H57N3O9. The summed E-state index contributed by atoms with van der Waals surface area (Å²) in [5, 5.41) is 9.18. The van der Waals surface area contributed by atoms with E-state index < -0.39 is 46.3 Å². The molecule has 0 saturated carbocycles. The highest BCUT2D eigenvalue weighted by Crippen LogP contribution is 2.16. The van der Waals surface area contributed by atoms with Crippen LogP contribution in [0, 0.1) is 11.8 Å². The molecule has 0 bridgehead atoms. The summed E-state index contributed by atoms with van der Waals surface area (Å²) in [7, 11) is 0. The van der Waals surface area contributed by atoms with Gasteiger partial charge in [-0.15, -0.1) is 0 Å². The Morgan fingerprint density at radius 3 is 1.21 bits per heavy atom. The van der Waals surface area contributed by atoms with Gasteiger partial charge in [0.1, 0.15) is 22.4 Å². The maximum Gasteiger partial charge on any atom is 0.320 e. The maximum atomic E-state index is 12.8. The highest BCUT2D eigenvalue weighted by Gasteiger charge is 2.26. The molecule has 0 atom stereocenters. The number of carbonyl (C=O) groups excluding carboxylic acids is 4. The van der Waals surface area contributed by atoms with E-state index in [1.54, 1.807) is 105 Å². The Balaban J connectivity index is 3.54. The van der Waals surface area contributed by atoms with Crippen molar-refractivity contribution in [3.05, 3.63) is 29.1 Å². The predicted molar refractivity (Wildman–Crippen MR) is 181 cm³/mol. The second-order valence-electron chi connectivity index (χ2n) is 15.6. The van der Waals surface area contributed by atoms with Gasteiger partial charge in [-0.2, -0.15) is 0 Å². The van der Waals surface area contributed by atoms with Crippen molar-refractivity contribution in [2.75, 3.05) is 32.8 Å². The van der Waals surface area contributed by atoms with Gasteiger partial charge in [-0.05, 0) is 102 Å². The Hall–Kier alpha value is -3.53. The van der Waals surface area contributed by atoms with E-state index in [0.717, 1.165) is 0 Å². The zero-order valence-electron chi connectivity index (χ0n) is 31.1. The van der Waals surface area contributed by atoms with Gasteiger partial charge in [0.15, 0.2) is 0 Å². The Labute approximate surface area is 286 Å². The van der Waals surface area contributed by atoms with Crippen LogP contribution in [0.4, 0.5) is 0 Å². The molecule has 48 heavy (non-hydrogen) atoms. The van der Waals surface area contributed by atoms with Gasteiger partial charge in [-0.3, -0.25) is 34.0 Å². The second kappa shape index (κ2) is 18.3. The highest BCUT2D eigenvalue weighted by molar-refractivity contribution is 5.76. The summed E-state index contributed by atoms with van der Waals surface area (Å²) in [6.45, 7) is 20.4. The van der Waals surface area contributed by atoms with E-state index in [-0.39, 0.29) is 45.9 Å². The molecule has 1 aromatic rings. The Morgan fingerprint density at radius 2 is 0.938 bits per heavy atom. The number of hydrogen-bond acceptors (Lipinski definition) is 12. The molecule has 0 unspecified atom stereocenters. The quantitative estimate of drug-likeness (QED) is 0.131. The molecule has 1 N–H and O–H groups in total. The molecule has 1 heterocycles. The fraction of sp³-hybridized carbons (Fsp3) is 0.694. The Morgan fingerprint density at radius 1 is 0.625 bits per heavy atom.